The van der Waals surface area contributed by atoms with Gasteiger partial charge in [0, 0.05) is 0 Å². The van der Waals surface area contributed by atoms with Gasteiger partial charge in [0.15, 0.2) is 0 Å². The summed E-state index contributed by atoms with van der Waals surface area (Å²) in [6.45, 7) is 0.593. The zero-order valence-corrected chi connectivity index (χ0v) is 10.8. The molecule has 0 bridgehead atoms. The van der Waals surface area contributed by atoms with Crippen molar-refractivity contribution in [1.82, 2.24) is 0 Å². The number of hydrogen-bond donors (Lipinski definition) is 0. The highest BCUT2D eigenvalue weighted by Crippen LogP contribution is 2.27. The molecule has 2 aromatic rings. The third-order valence-electron chi connectivity index (χ3n) is 2.36. The van der Waals surface area contributed by atoms with E-state index in [1.807, 2.05) is 60.7 Å². The van der Waals surface area contributed by atoms with Crippen molar-refractivity contribution in [2.24, 2.45) is 0 Å². The van der Waals surface area contributed by atoms with E-state index in [0.29, 0.717) is 13.2 Å². The molecule has 0 aliphatic rings. The Kier molecular flexibility index (Phi) is 5.03. The molecule has 0 fully saturated rings. The van der Waals surface area contributed by atoms with E-state index in [1.165, 1.54) is 0 Å². The predicted octanol–water partition coefficient (Wildman–Crippen LogP) is 4.08. The molecule has 0 saturated heterocycles. The van der Waals surface area contributed by atoms with Crippen LogP contribution in [0, 0.1) is 0 Å². The maximum absolute atomic E-state index is 11.5. The van der Waals surface area contributed by atoms with Gasteiger partial charge in [-0.1, -0.05) is 60.7 Å². The third-order valence-corrected chi connectivity index (χ3v) is 3.04. The van der Waals surface area contributed by atoms with E-state index in [1.54, 1.807) is 0 Å². The van der Waals surface area contributed by atoms with Crippen LogP contribution in [-0.2, 0) is 26.8 Å². The predicted molar refractivity (Wildman–Crippen MR) is 70.1 cm³/mol. The molecule has 0 N–H and O–H groups in total. The van der Waals surface area contributed by atoms with Crippen molar-refractivity contribution >= 4 is 8.25 Å². The quantitative estimate of drug-likeness (QED) is 0.735. The van der Waals surface area contributed by atoms with Gasteiger partial charge in [-0.05, 0) is 11.1 Å². The second-order valence-corrected chi connectivity index (χ2v) is 4.71. The first-order valence-corrected chi connectivity index (χ1v) is 6.75. The van der Waals surface area contributed by atoms with Crippen molar-refractivity contribution in [3.8, 4) is 0 Å². The minimum Gasteiger partial charge on any atom is -0.278 e. The first-order valence-electron chi connectivity index (χ1n) is 5.65. The van der Waals surface area contributed by atoms with Gasteiger partial charge in [-0.15, -0.1) is 0 Å². The monoisotopic (exact) mass is 261 g/mol. The maximum atomic E-state index is 11.5. The van der Waals surface area contributed by atoms with E-state index in [4.69, 9.17) is 9.05 Å². The van der Waals surface area contributed by atoms with Gasteiger partial charge in [0.25, 0.3) is 0 Å². The third kappa shape index (κ3) is 4.38. The maximum Gasteiger partial charge on any atom is 0.369 e. The second kappa shape index (κ2) is 7.02. The smallest absolute Gasteiger partial charge is 0.278 e. The van der Waals surface area contributed by atoms with Crippen LogP contribution in [0.15, 0.2) is 60.7 Å². The van der Waals surface area contributed by atoms with Gasteiger partial charge in [-0.3, -0.25) is 9.05 Å². The Hall–Kier alpha value is -1.54. The number of hydrogen-bond acceptors (Lipinski definition) is 3. The molecule has 4 heteroatoms. The molecule has 0 aliphatic heterocycles. The normalized spacial score (nSPS) is 10.2. The van der Waals surface area contributed by atoms with Crippen molar-refractivity contribution < 1.29 is 13.6 Å². The molecule has 0 aliphatic carbocycles. The van der Waals surface area contributed by atoms with Crippen LogP contribution in [0.3, 0.4) is 0 Å². The molecule has 0 saturated carbocycles. The molecular formula is C14H14O3P. The van der Waals surface area contributed by atoms with Gasteiger partial charge in [0.05, 0.1) is 13.2 Å². The largest absolute Gasteiger partial charge is 0.369 e. The summed E-state index contributed by atoms with van der Waals surface area (Å²) in [5.41, 5.74) is 1.95. The summed E-state index contributed by atoms with van der Waals surface area (Å²) in [6.07, 6.45) is 0. The molecule has 0 atom stereocenters. The van der Waals surface area contributed by atoms with Crippen LogP contribution in [0.4, 0.5) is 0 Å². The standard InChI is InChI=1S/C14H14O3P/c15-18(16-11-13-7-3-1-4-8-13)17-12-14-9-5-2-6-10-14/h1-10H,11-12H2. The molecule has 3 nitrogen and oxygen atoms in total. The van der Waals surface area contributed by atoms with Gasteiger partial charge in [-0.2, -0.15) is 0 Å². The molecule has 0 heterocycles. The molecule has 2 rings (SSSR count). The van der Waals surface area contributed by atoms with Crippen LogP contribution in [0.5, 0.6) is 0 Å². The Balaban J connectivity index is 1.73. The van der Waals surface area contributed by atoms with Gasteiger partial charge in [0.2, 0.25) is 0 Å². The van der Waals surface area contributed by atoms with Gasteiger partial charge < -0.3 is 0 Å². The average Bonchev–Trinajstić information content (AvgIpc) is 2.45. The zero-order chi connectivity index (χ0) is 12.6. The van der Waals surface area contributed by atoms with Crippen molar-refractivity contribution in [2.45, 2.75) is 13.2 Å². The van der Waals surface area contributed by atoms with E-state index >= 15 is 0 Å². The average molecular weight is 261 g/mol. The van der Waals surface area contributed by atoms with E-state index in [-0.39, 0.29) is 0 Å². The lowest BCUT2D eigenvalue weighted by molar-refractivity contribution is 0.213. The summed E-state index contributed by atoms with van der Waals surface area (Å²) in [7, 11) is -2.08. The fraction of sp³-hybridized carbons (Fsp3) is 0.143. The van der Waals surface area contributed by atoms with Gasteiger partial charge in [-0.25, -0.2) is 4.57 Å². The van der Waals surface area contributed by atoms with Crippen LogP contribution < -0.4 is 0 Å². The Morgan fingerprint density at radius 2 is 1.11 bits per heavy atom. The van der Waals surface area contributed by atoms with E-state index in [9.17, 15) is 4.57 Å². The van der Waals surface area contributed by atoms with Gasteiger partial charge >= 0.3 is 8.25 Å². The Morgan fingerprint density at radius 3 is 1.50 bits per heavy atom. The lowest BCUT2D eigenvalue weighted by Gasteiger charge is -2.04. The number of rotatable bonds is 6. The van der Waals surface area contributed by atoms with Crippen molar-refractivity contribution in [1.29, 1.82) is 0 Å². The molecule has 18 heavy (non-hydrogen) atoms. The Bertz CT molecular complexity index is 439. The van der Waals surface area contributed by atoms with Crippen LogP contribution >= 0.6 is 8.25 Å². The van der Waals surface area contributed by atoms with E-state index < -0.39 is 8.25 Å². The second-order valence-electron chi connectivity index (χ2n) is 3.74. The van der Waals surface area contributed by atoms with Crippen LogP contribution in [0.1, 0.15) is 11.1 Å². The fourth-order valence-electron chi connectivity index (χ4n) is 1.44. The highest BCUT2D eigenvalue weighted by Gasteiger charge is 2.03. The first-order chi connectivity index (χ1) is 8.84. The first kappa shape index (κ1) is 12.9. The molecule has 0 spiro atoms. The lowest BCUT2D eigenvalue weighted by atomic mass is 10.2. The summed E-state index contributed by atoms with van der Waals surface area (Å²) >= 11 is 0. The van der Waals surface area contributed by atoms with E-state index in [0.717, 1.165) is 11.1 Å². The summed E-state index contributed by atoms with van der Waals surface area (Å²) in [4.78, 5) is 0. The molecule has 1 radical (unpaired) electrons. The molecule has 0 unspecified atom stereocenters. The Labute approximate surface area is 107 Å². The summed E-state index contributed by atoms with van der Waals surface area (Å²) in [5.74, 6) is 0. The molecular weight excluding hydrogens is 247 g/mol. The Morgan fingerprint density at radius 1 is 0.722 bits per heavy atom. The molecule has 2 aromatic carbocycles. The summed E-state index contributed by atoms with van der Waals surface area (Å²) in [5, 5.41) is 0. The van der Waals surface area contributed by atoms with Crippen molar-refractivity contribution in [3.05, 3.63) is 71.8 Å². The highest BCUT2D eigenvalue weighted by molar-refractivity contribution is 7.33. The van der Waals surface area contributed by atoms with Crippen molar-refractivity contribution in [2.75, 3.05) is 0 Å². The van der Waals surface area contributed by atoms with E-state index in [2.05, 4.69) is 0 Å². The zero-order valence-electron chi connectivity index (χ0n) is 9.86. The molecule has 93 valence electrons. The SMILES string of the molecule is O=[P](OCc1ccccc1)OCc1ccccc1. The summed E-state index contributed by atoms with van der Waals surface area (Å²) in [6, 6.07) is 19.2. The minimum absolute atomic E-state index is 0.296. The highest BCUT2D eigenvalue weighted by atomic mass is 31.1. The lowest BCUT2D eigenvalue weighted by Crippen LogP contribution is -1.89. The fourth-order valence-corrected chi connectivity index (χ4v) is 2.02. The minimum atomic E-state index is -2.08. The van der Waals surface area contributed by atoms with Crippen LogP contribution in [-0.4, -0.2) is 0 Å². The van der Waals surface area contributed by atoms with Crippen LogP contribution in [0.25, 0.3) is 0 Å². The van der Waals surface area contributed by atoms with Gasteiger partial charge in [0.1, 0.15) is 0 Å². The molecule has 0 amide bonds. The van der Waals surface area contributed by atoms with Crippen LogP contribution in [0.2, 0.25) is 0 Å². The van der Waals surface area contributed by atoms with Crippen molar-refractivity contribution in [3.63, 3.8) is 0 Å². The number of benzene rings is 2. The topological polar surface area (TPSA) is 35.5 Å². The summed E-state index contributed by atoms with van der Waals surface area (Å²) < 4.78 is 21.8. The molecule has 0 aromatic heterocycles.